The van der Waals surface area contributed by atoms with E-state index in [9.17, 15) is 0 Å². The maximum absolute atomic E-state index is 5.58. The molecular weight excluding hydrogens is 192 g/mol. The lowest BCUT2D eigenvalue weighted by atomic mass is 10.2. The summed E-state index contributed by atoms with van der Waals surface area (Å²) in [5, 5.41) is 0. The van der Waals surface area contributed by atoms with Crippen molar-refractivity contribution in [1.29, 1.82) is 0 Å². The van der Waals surface area contributed by atoms with Crippen molar-refractivity contribution in [3.8, 4) is 0 Å². The number of hydrogen-bond donors (Lipinski definition) is 0. The van der Waals surface area contributed by atoms with Gasteiger partial charge >= 0.3 is 0 Å². The number of allylic oxidation sites excluding steroid dienone is 4. The molecule has 0 aliphatic carbocycles. The SMILES string of the molecule is CCCC/C=C\C=C/CCCCCCl. The van der Waals surface area contributed by atoms with Gasteiger partial charge in [-0.1, -0.05) is 50.5 Å². The smallest absolute Gasteiger partial charge is 0.0223 e. The molecule has 0 saturated heterocycles. The molecule has 0 atom stereocenters. The van der Waals surface area contributed by atoms with Crippen molar-refractivity contribution in [2.75, 3.05) is 5.88 Å². The van der Waals surface area contributed by atoms with Crippen LogP contribution in [0.15, 0.2) is 24.3 Å². The van der Waals surface area contributed by atoms with Crippen LogP contribution in [0.5, 0.6) is 0 Å². The Morgan fingerprint density at radius 3 is 2.07 bits per heavy atom. The first kappa shape index (κ1) is 13.8. The van der Waals surface area contributed by atoms with Gasteiger partial charge in [0.15, 0.2) is 0 Å². The molecular formula is C13H23Cl. The highest BCUT2D eigenvalue weighted by molar-refractivity contribution is 6.17. The molecule has 0 heterocycles. The Morgan fingerprint density at radius 1 is 0.857 bits per heavy atom. The molecule has 0 spiro atoms. The van der Waals surface area contributed by atoms with Crippen LogP contribution < -0.4 is 0 Å². The van der Waals surface area contributed by atoms with Crippen LogP contribution in [0.2, 0.25) is 0 Å². The Kier molecular flexibility index (Phi) is 12.6. The highest BCUT2D eigenvalue weighted by atomic mass is 35.5. The number of halogens is 1. The molecule has 14 heavy (non-hydrogen) atoms. The van der Waals surface area contributed by atoms with Crippen LogP contribution in [0.4, 0.5) is 0 Å². The minimum absolute atomic E-state index is 0.806. The second-order valence-corrected chi connectivity index (χ2v) is 3.91. The number of alkyl halides is 1. The summed E-state index contributed by atoms with van der Waals surface area (Å²) in [7, 11) is 0. The Balaban J connectivity index is 3.14. The number of unbranched alkanes of at least 4 members (excludes halogenated alkanes) is 5. The summed E-state index contributed by atoms with van der Waals surface area (Å²) < 4.78 is 0. The molecule has 0 aromatic heterocycles. The van der Waals surface area contributed by atoms with Gasteiger partial charge in [0, 0.05) is 5.88 Å². The van der Waals surface area contributed by atoms with E-state index in [2.05, 4.69) is 31.2 Å². The Hall–Kier alpha value is -0.230. The number of hydrogen-bond acceptors (Lipinski definition) is 0. The minimum Gasteiger partial charge on any atom is -0.127 e. The van der Waals surface area contributed by atoms with E-state index in [1.807, 2.05) is 0 Å². The third-order valence-electron chi connectivity index (χ3n) is 2.11. The van der Waals surface area contributed by atoms with Crippen molar-refractivity contribution in [1.82, 2.24) is 0 Å². The Morgan fingerprint density at radius 2 is 1.50 bits per heavy atom. The molecule has 0 aromatic carbocycles. The normalized spacial score (nSPS) is 11.9. The second-order valence-electron chi connectivity index (χ2n) is 3.54. The molecule has 82 valence electrons. The molecule has 0 aliphatic heterocycles. The monoisotopic (exact) mass is 214 g/mol. The van der Waals surface area contributed by atoms with Gasteiger partial charge in [-0.2, -0.15) is 0 Å². The van der Waals surface area contributed by atoms with Crippen LogP contribution in [-0.2, 0) is 0 Å². The Labute approximate surface area is 94.0 Å². The van der Waals surface area contributed by atoms with Crippen molar-refractivity contribution in [2.24, 2.45) is 0 Å². The molecule has 0 radical (unpaired) electrons. The van der Waals surface area contributed by atoms with Gasteiger partial charge < -0.3 is 0 Å². The third kappa shape index (κ3) is 11.8. The highest BCUT2D eigenvalue weighted by Crippen LogP contribution is 2.02. The van der Waals surface area contributed by atoms with Gasteiger partial charge in [-0.05, 0) is 25.7 Å². The lowest BCUT2D eigenvalue weighted by Gasteiger charge is -1.92. The van der Waals surface area contributed by atoms with Crippen LogP contribution in [0, 0.1) is 0 Å². The van der Waals surface area contributed by atoms with Crippen LogP contribution in [-0.4, -0.2) is 5.88 Å². The molecule has 0 saturated carbocycles. The number of rotatable bonds is 9. The zero-order chi connectivity index (χ0) is 10.5. The van der Waals surface area contributed by atoms with Gasteiger partial charge in [0.25, 0.3) is 0 Å². The van der Waals surface area contributed by atoms with Crippen molar-refractivity contribution in [3.05, 3.63) is 24.3 Å². The second kappa shape index (κ2) is 12.8. The van der Waals surface area contributed by atoms with Gasteiger partial charge in [0.1, 0.15) is 0 Å². The zero-order valence-corrected chi connectivity index (χ0v) is 10.1. The van der Waals surface area contributed by atoms with Gasteiger partial charge in [0.05, 0.1) is 0 Å². The molecule has 0 aromatic rings. The average molecular weight is 215 g/mol. The topological polar surface area (TPSA) is 0 Å². The molecule has 0 nitrogen and oxygen atoms in total. The van der Waals surface area contributed by atoms with Crippen molar-refractivity contribution in [3.63, 3.8) is 0 Å². The van der Waals surface area contributed by atoms with Crippen molar-refractivity contribution < 1.29 is 0 Å². The minimum atomic E-state index is 0.806. The molecule has 0 amide bonds. The summed E-state index contributed by atoms with van der Waals surface area (Å²) in [6, 6.07) is 0. The van der Waals surface area contributed by atoms with E-state index in [4.69, 9.17) is 11.6 Å². The Bertz CT molecular complexity index is 147. The fourth-order valence-electron chi connectivity index (χ4n) is 1.21. The van der Waals surface area contributed by atoms with E-state index in [0.29, 0.717) is 0 Å². The van der Waals surface area contributed by atoms with Crippen LogP contribution in [0.3, 0.4) is 0 Å². The molecule has 0 N–H and O–H groups in total. The fourth-order valence-corrected chi connectivity index (χ4v) is 1.39. The summed E-state index contributed by atoms with van der Waals surface area (Å²) >= 11 is 5.58. The average Bonchev–Trinajstić information content (AvgIpc) is 2.21. The summed E-state index contributed by atoms with van der Waals surface area (Å²) in [4.78, 5) is 0. The van der Waals surface area contributed by atoms with E-state index < -0.39 is 0 Å². The van der Waals surface area contributed by atoms with E-state index in [1.165, 1.54) is 38.5 Å². The summed E-state index contributed by atoms with van der Waals surface area (Å²) in [5.74, 6) is 0.806. The van der Waals surface area contributed by atoms with Crippen LogP contribution >= 0.6 is 11.6 Å². The lowest BCUT2D eigenvalue weighted by Crippen LogP contribution is -1.75. The van der Waals surface area contributed by atoms with E-state index in [-0.39, 0.29) is 0 Å². The first-order valence-electron chi connectivity index (χ1n) is 5.79. The van der Waals surface area contributed by atoms with Crippen LogP contribution in [0.1, 0.15) is 51.9 Å². The maximum atomic E-state index is 5.58. The van der Waals surface area contributed by atoms with Crippen molar-refractivity contribution >= 4 is 11.6 Å². The van der Waals surface area contributed by atoms with E-state index in [0.717, 1.165) is 12.3 Å². The maximum Gasteiger partial charge on any atom is 0.0223 e. The van der Waals surface area contributed by atoms with Crippen LogP contribution in [0.25, 0.3) is 0 Å². The van der Waals surface area contributed by atoms with Gasteiger partial charge in [-0.15, -0.1) is 11.6 Å². The molecule has 1 heteroatoms. The molecule has 0 aliphatic rings. The molecule has 0 unspecified atom stereocenters. The predicted octanol–water partition coefficient (Wildman–Crippen LogP) is 5.09. The predicted molar refractivity (Wildman–Crippen MR) is 67.0 cm³/mol. The zero-order valence-electron chi connectivity index (χ0n) is 9.34. The molecule has 0 rings (SSSR count). The molecule has 0 bridgehead atoms. The molecule has 0 fully saturated rings. The summed E-state index contributed by atoms with van der Waals surface area (Å²) in [5.41, 5.74) is 0. The third-order valence-corrected chi connectivity index (χ3v) is 2.38. The highest BCUT2D eigenvalue weighted by Gasteiger charge is 1.84. The van der Waals surface area contributed by atoms with Gasteiger partial charge in [0.2, 0.25) is 0 Å². The summed E-state index contributed by atoms with van der Waals surface area (Å²) in [6.07, 6.45) is 17.5. The first-order chi connectivity index (χ1) is 6.91. The van der Waals surface area contributed by atoms with Gasteiger partial charge in [-0.3, -0.25) is 0 Å². The lowest BCUT2D eigenvalue weighted by molar-refractivity contribution is 0.732. The summed E-state index contributed by atoms with van der Waals surface area (Å²) in [6.45, 7) is 2.22. The van der Waals surface area contributed by atoms with E-state index >= 15 is 0 Å². The quantitative estimate of drug-likeness (QED) is 0.285. The fraction of sp³-hybridized carbons (Fsp3) is 0.692. The van der Waals surface area contributed by atoms with E-state index in [1.54, 1.807) is 0 Å². The standard InChI is InChI=1S/C13H23Cl/c1-2-3-4-5-6-7-8-9-10-11-12-13-14/h5-8H,2-4,9-13H2,1H3/b6-5-,8-7-. The van der Waals surface area contributed by atoms with Gasteiger partial charge in [-0.25, -0.2) is 0 Å². The first-order valence-corrected chi connectivity index (χ1v) is 6.33. The largest absolute Gasteiger partial charge is 0.127 e. The van der Waals surface area contributed by atoms with Crippen molar-refractivity contribution in [2.45, 2.75) is 51.9 Å².